The number of hydrogen-bond acceptors (Lipinski definition) is 1. The van der Waals surface area contributed by atoms with Crippen molar-refractivity contribution < 1.29 is 10.2 Å². The van der Waals surface area contributed by atoms with Crippen molar-refractivity contribution in [1.29, 1.82) is 0 Å². The average molecular weight is 119 g/mol. The zero-order chi connectivity index (χ0) is 6.57. The van der Waals surface area contributed by atoms with Crippen LogP contribution < -0.4 is 0 Å². The molecule has 0 saturated carbocycles. The van der Waals surface area contributed by atoms with Crippen LogP contribution in [0.1, 0.15) is 26.7 Å². The lowest BCUT2D eigenvalue weighted by Crippen LogP contribution is -2.06. The van der Waals surface area contributed by atoms with Crippen LogP contribution in [0.5, 0.6) is 0 Å². The van der Waals surface area contributed by atoms with Gasteiger partial charge < -0.3 is 10.2 Å². The highest BCUT2D eigenvalue weighted by Gasteiger charge is 2.01. The molecule has 2 nitrogen and oxygen atoms in total. The van der Waals surface area contributed by atoms with Crippen LogP contribution in [0.4, 0.5) is 0 Å². The first-order valence-electron chi connectivity index (χ1n) is 3.02. The number of aliphatic hydroxyl groups excluding tert-OH is 1. The van der Waals surface area contributed by atoms with Gasteiger partial charge in [0.25, 0.3) is 0 Å². The van der Waals surface area contributed by atoms with Crippen LogP contribution in [-0.4, -0.2) is 22.4 Å². The maximum atomic E-state index is 8.72. The fourth-order valence-corrected chi connectivity index (χ4v) is 0.491. The molecule has 50 valence electrons. The molecule has 8 heavy (non-hydrogen) atoms. The SMILES string of the molecule is CC(O)CCC(C)[OH2+]. The molecule has 2 heteroatoms. The zero-order valence-electron chi connectivity index (χ0n) is 5.52. The molecule has 0 aromatic heterocycles. The van der Waals surface area contributed by atoms with E-state index in [0.717, 1.165) is 12.8 Å². The first-order chi connectivity index (χ1) is 3.63. The van der Waals surface area contributed by atoms with Crippen molar-refractivity contribution in [3.05, 3.63) is 0 Å². The standard InChI is InChI=1S/C6H14O2/c1-5(7)3-4-6(2)8/h5-8H,3-4H2,1-2H3/p+1. The zero-order valence-corrected chi connectivity index (χ0v) is 5.52. The van der Waals surface area contributed by atoms with Crippen molar-refractivity contribution in [2.75, 3.05) is 0 Å². The first kappa shape index (κ1) is 7.92. The van der Waals surface area contributed by atoms with E-state index >= 15 is 0 Å². The van der Waals surface area contributed by atoms with Crippen LogP contribution in [0.25, 0.3) is 0 Å². The van der Waals surface area contributed by atoms with Gasteiger partial charge in [-0.3, -0.25) is 0 Å². The Hall–Kier alpha value is -0.0800. The molecule has 0 aromatic carbocycles. The van der Waals surface area contributed by atoms with Gasteiger partial charge in [0.2, 0.25) is 0 Å². The Bertz CT molecular complexity index is 42.5. The molecular weight excluding hydrogens is 104 g/mol. The van der Waals surface area contributed by atoms with Gasteiger partial charge in [0, 0.05) is 13.3 Å². The fraction of sp³-hybridized carbons (Fsp3) is 1.00. The second-order valence-electron chi connectivity index (χ2n) is 2.33. The van der Waals surface area contributed by atoms with E-state index in [2.05, 4.69) is 0 Å². The van der Waals surface area contributed by atoms with E-state index in [1.165, 1.54) is 0 Å². The normalized spacial score (nSPS) is 18.0. The molecule has 0 aliphatic rings. The maximum absolute atomic E-state index is 8.72. The first-order valence-corrected chi connectivity index (χ1v) is 3.02. The smallest absolute Gasteiger partial charge is 0.150 e. The van der Waals surface area contributed by atoms with Crippen LogP contribution in [0.2, 0.25) is 0 Å². The molecule has 0 aliphatic carbocycles. The van der Waals surface area contributed by atoms with E-state index < -0.39 is 0 Å². The summed E-state index contributed by atoms with van der Waals surface area (Å²) in [5, 5.41) is 15.8. The third kappa shape index (κ3) is 5.92. The minimum absolute atomic E-state index is 0.0235. The van der Waals surface area contributed by atoms with Crippen molar-refractivity contribution in [2.45, 2.75) is 38.9 Å². The van der Waals surface area contributed by atoms with E-state index in [0.29, 0.717) is 0 Å². The lowest BCUT2D eigenvalue weighted by molar-refractivity contribution is 0.133. The largest absolute Gasteiger partial charge is 0.443 e. The quantitative estimate of drug-likeness (QED) is 0.532. The molecule has 0 amide bonds. The molecule has 0 rings (SSSR count). The number of rotatable bonds is 3. The minimum atomic E-state index is -0.234. The summed E-state index contributed by atoms with van der Waals surface area (Å²) in [5.41, 5.74) is 0. The highest BCUT2D eigenvalue weighted by atomic mass is 16.3. The molecule has 2 unspecified atom stereocenters. The molecular formula is C6H15O2+. The van der Waals surface area contributed by atoms with Gasteiger partial charge in [0.1, 0.15) is 0 Å². The van der Waals surface area contributed by atoms with Crippen LogP contribution in [0.15, 0.2) is 0 Å². The Labute approximate surface area is 50.2 Å². The van der Waals surface area contributed by atoms with E-state index in [1.54, 1.807) is 6.92 Å². The topological polar surface area (TPSA) is 43.1 Å². The Balaban J connectivity index is 2.93. The second kappa shape index (κ2) is 3.87. The van der Waals surface area contributed by atoms with Crippen molar-refractivity contribution in [1.82, 2.24) is 0 Å². The monoisotopic (exact) mass is 119 g/mol. The van der Waals surface area contributed by atoms with Gasteiger partial charge in [-0.1, -0.05) is 0 Å². The van der Waals surface area contributed by atoms with E-state index in [9.17, 15) is 0 Å². The lowest BCUT2D eigenvalue weighted by atomic mass is 10.1. The summed E-state index contributed by atoms with van der Waals surface area (Å²) in [5.74, 6) is 0. The molecule has 0 fully saturated rings. The number of hydrogen-bond donors (Lipinski definition) is 1. The molecule has 0 spiro atoms. The predicted octanol–water partition coefficient (Wildman–Crippen LogP) is 0.261. The van der Waals surface area contributed by atoms with Gasteiger partial charge in [-0.15, -0.1) is 0 Å². The highest BCUT2D eigenvalue weighted by Crippen LogP contribution is 1.98. The van der Waals surface area contributed by atoms with Gasteiger partial charge in [0.15, 0.2) is 6.10 Å². The molecule has 0 bridgehead atoms. The number of aliphatic hydroxyl groups is 1. The molecule has 0 heterocycles. The van der Waals surface area contributed by atoms with E-state index in [1.807, 2.05) is 6.92 Å². The summed E-state index contributed by atoms with van der Waals surface area (Å²) in [6.07, 6.45) is 1.30. The fourth-order valence-electron chi connectivity index (χ4n) is 0.491. The maximum Gasteiger partial charge on any atom is 0.150 e. The van der Waals surface area contributed by atoms with Crippen LogP contribution >= 0.6 is 0 Å². The van der Waals surface area contributed by atoms with Crippen molar-refractivity contribution in [3.8, 4) is 0 Å². The van der Waals surface area contributed by atoms with Crippen LogP contribution in [0.3, 0.4) is 0 Å². The third-order valence-corrected chi connectivity index (χ3v) is 1.02. The summed E-state index contributed by atoms with van der Waals surface area (Å²) < 4.78 is 0. The Kier molecular flexibility index (Phi) is 3.83. The second-order valence-corrected chi connectivity index (χ2v) is 2.33. The summed E-state index contributed by atoms with van der Waals surface area (Å²) in [6, 6.07) is 0. The molecule has 0 radical (unpaired) electrons. The van der Waals surface area contributed by atoms with Crippen molar-refractivity contribution >= 4 is 0 Å². The van der Waals surface area contributed by atoms with Crippen molar-refractivity contribution in [2.24, 2.45) is 0 Å². The van der Waals surface area contributed by atoms with E-state index in [-0.39, 0.29) is 12.2 Å². The van der Waals surface area contributed by atoms with Crippen molar-refractivity contribution in [3.63, 3.8) is 0 Å². The van der Waals surface area contributed by atoms with Gasteiger partial charge in [0.05, 0.1) is 6.10 Å². The Morgan fingerprint density at radius 2 is 1.88 bits per heavy atom. The Morgan fingerprint density at radius 3 is 2.00 bits per heavy atom. The minimum Gasteiger partial charge on any atom is -0.443 e. The van der Waals surface area contributed by atoms with Gasteiger partial charge >= 0.3 is 0 Å². The molecule has 0 saturated heterocycles. The highest BCUT2D eigenvalue weighted by molar-refractivity contribution is 4.51. The average Bonchev–Trinajstić information content (AvgIpc) is 1.61. The van der Waals surface area contributed by atoms with Crippen LogP contribution in [-0.2, 0) is 0 Å². The Morgan fingerprint density at radius 1 is 1.38 bits per heavy atom. The molecule has 2 atom stereocenters. The van der Waals surface area contributed by atoms with Gasteiger partial charge in [-0.05, 0) is 13.3 Å². The lowest BCUT2D eigenvalue weighted by Gasteiger charge is -2.01. The predicted molar refractivity (Wildman–Crippen MR) is 34.0 cm³/mol. The summed E-state index contributed by atoms with van der Waals surface area (Å²) in [7, 11) is 0. The third-order valence-electron chi connectivity index (χ3n) is 1.02. The molecule has 3 N–H and O–H groups in total. The van der Waals surface area contributed by atoms with Gasteiger partial charge in [-0.25, -0.2) is 0 Å². The summed E-state index contributed by atoms with van der Waals surface area (Å²) >= 11 is 0. The summed E-state index contributed by atoms with van der Waals surface area (Å²) in [4.78, 5) is 0. The summed E-state index contributed by atoms with van der Waals surface area (Å²) in [6.45, 7) is 3.59. The molecule has 0 aromatic rings. The van der Waals surface area contributed by atoms with Crippen LogP contribution in [0, 0.1) is 0 Å². The van der Waals surface area contributed by atoms with Gasteiger partial charge in [-0.2, -0.15) is 0 Å². The molecule has 0 aliphatic heterocycles. The van der Waals surface area contributed by atoms with E-state index in [4.69, 9.17) is 10.2 Å².